The number of nitrogens with zero attached hydrogens (tertiary/aromatic N) is 1. The molecule has 0 aromatic carbocycles. The molecule has 0 saturated carbocycles. The largest absolute Gasteiger partial charge is 0.465 e. The lowest BCUT2D eigenvalue weighted by Crippen LogP contribution is -2.57. The van der Waals surface area contributed by atoms with Crippen LogP contribution in [0.2, 0.25) is 0 Å². The molecule has 1 atom stereocenters. The summed E-state index contributed by atoms with van der Waals surface area (Å²) < 4.78 is 5.15. The molecule has 0 radical (unpaired) electrons. The average Bonchev–Trinajstić information content (AvgIpc) is 2.91. The van der Waals surface area contributed by atoms with Gasteiger partial charge in [-0.3, -0.25) is 4.79 Å². The van der Waals surface area contributed by atoms with Crippen LogP contribution >= 0.6 is 0 Å². The second-order valence-corrected chi connectivity index (χ2v) is 5.10. The van der Waals surface area contributed by atoms with Crippen LogP contribution < -0.4 is 5.32 Å². The van der Waals surface area contributed by atoms with E-state index in [2.05, 4.69) is 10.2 Å². The van der Waals surface area contributed by atoms with E-state index in [9.17, 15) is 4.79 Å². The fraction of sp³-hybridized carbons (Fsp3) is 0.500. The van der Waals surface area contributed by atoms with Crippen molar-refractivity contribution in [3.8, 4) is 0 Å². The summed E-state index contributed by atoms with van der Waals surface area (Å²) in [5.74, 6) is 1.35. The first-order valence-electron chi connectivity index (χ1n) is 6.56. The minimum Gasteiger partial charge on any atom is -0.465 e. The van der Waals surface area contributed by atoms with Crippen molar-refractivity contribution in [2.24, 2.45) is 5.92 Å². The number of hydrogen-bond acceptors (Lipinski definition) is 3. The van der Waals surface area contributed by atoms with Crippen molar-refractivity contribution in [1.82, 2.24) is 10.2 Å². The Balaban J connectivity index is 1.55. The fourth-order valence-electron chi connectivity index (χ4n) is 2.90. The van der Waals surface area contributed by atoms with Crippen molar-refractivity contribution in [1.29, 1.82) is 0 Å². The lowest BCUT2D eigenvalue weighted by Gasteiger charge is -2.44. The molecule has 4 nitrogen and oxygen atoms in total. The Morgan fingerprint density at radius 1 is 1.44 bits per heavy atom. The van der Waals surface area contributed by atoms with Gasteiger partial charge in [0.2, 0.25) is 5.91 Å². The fourth-order valence-corrected chi connectivity index (χ4v) is 2.90. The number of fused-ring (bicyclic) bond motifs is 3. The van der Waals surface area contributed by atoms with E-state index >= 15 is 0 Å². The standard InChI is InChI=1S/C14H18N2O2/c17-14(4-3-12-2-1-9-18-12)15-13-10-16-7-5-11(13)6-8-16/h1-4,9,11,13H,5-8,10H2,(H,15,17)/b4-3+/t13-/m1/s1. The van der Waals surface area contributed by atoms with Crippen LogP contribution in [0.5, 0.6) is 0 Å². The first-order chi connectivity index (χ1) is 8.81. The van der Waals surface area contributed by atoms with Gasteiger partial charge in [0.05, 0.1) is 6.26 Å². The molecule has 3 fully saturated rings. The van der Waals surface area contributed by atoms with Crippen LogP contribution in [-0.4, -0.2) is 36.5 Å². The van der Waals surface area contributed by atoms with Gasteiger partial charge < -0.3 is 14.6 Å². The van der Waals surface area contributed by atoms with Crippen LogP contribution in [0.25, 0.3) is 6.08 Å². The zero-order valence-corrected chi connectivity index (χ0v) is 10.3. The van der Waals surface area contributed by atoms with Crippen LogP contribution in [0.3, 0.4) is 0 Å². The molecule has 4 heterocycles. The predicted molar refractivity (Wildman–Crippen MR) is 68.8 cm³/mol. The molecule has 18 heavy (non-hydrogen) atoms. The molecular weight excluding hydrogens is 228 g/mol. The maximum atomic E-state index is 11.8. The smallest absolute Gasteiger partial charge is 0.244 e. The van der Waals surface area contributed by atoms with Gasteiger partial charge in [-0.05, 0) is 50.1 Å². The minimum absolute atomic E-state index is 0.0230. The normalized spacial score (nSPS) is 30.8. The Labute approximate surface area is 107 Å². The molecule has 4 rings (SSSR count). The highest BCUT2D eigenvalue weighted by atomic mass is 16.3. The Morgan fingerprint density at radius 2 is 2.28 bits per heavy atom. The van der Waals surface area contributed by atoms with E-state index in [0.717, 1.165) is 6.54 Å². The van der Waals surface area contributed by atoms with Crippen LogP contribution in [0, 0.1) is 5.92 Å². The maximum Gasteiger partial charge on any atom is 0.244 e. The highest BCUT2D eigenvalue weighted by Gasteiger charge is 2.34. The Morgan fingerprint density at radius 3 is 2.89 bits per heavy atom. The molecule has 0 spiro atoms. The maximum absolute atomic E-state index is 11.8. The van der Waals surface area contributed by atoms with Crippen LogP contribution in [0.15, 0.2) is 28.9 Å². The van der Waals surface area contributed by atoms with Crippen LogP contribution in [0.4, 0.5) is 0 Å². The Kier molecular flexibility index (Phi) is 3.19. The van der Waals surface area contributed by atoms with E-state index in [1.54, 1.807) is 18.4 Å². The monoisotopic (exact) mass is 246 g/mol. The van der Waals surface area contributed by atoms with Gasteiger partial charge in [0.15, 0.2) is 0 Å². The number of carbonyl (C=O) groups is 1. The molecule has 1 amide bonds. The van der Waals surface area contributed by atoms with Crippen LogP contribution in [0.1, 0.15) is 18.6 Å². The van der Waals surface area contributed by atoms with Crippen molar-refractivity contribution in [2.75, 3.05) is 19.6 Å². The quantitative estimate of drug-likeness (QED) is 0.822. The molecule has 1 aromatic heterocycles. The zero-order valence-electron chi connectivity index (χ0n) is 10.3. The summed E-state index contributed by atoms with van der Waals surface area (Å²) >= 11 is 0. The molecule has 96 valence electrons. The minimum atomic E-state index is -0.0230. The number of amides is 1. The summed E-state index contributed by atoms with van der Waals surface area (Å²) in [6, 6.07) is 3.96. The van der Waals surface area contributed by atoms with Gasteiger partial charge in [0.1, 0.15) is 5.76 Å². The van der Waals surface area contributed by atoms with E-state index in [0.29, 0.717) is 17.7 Å². The average molecular weight is 246 g/mol. The SMILES string of the molecule is O=C(/C=C/c1ccco1)N[C@@H]1CN2CCC1CC2. The topological polar surface area (TPSA) is 45.5 Å². The van der Waals surface area contributed by atoms with Crippen molar-refractivity contribution < 1.29 is 9.21 Å². The highest BCUT2D eigenvalue weighted by molar-refractivity contribution is 5.91. The molecule has 3 aliphatic heterocycles. The van der Waals surface area contributed by atoms with Gasteiger partial charge >= 0.3 is 0 Å². The van der Waals surface area contributed by atoms with Crippen molar-refractivity contribution in [3.05, 3.63) is 30.2 Å². The summed E-state index contributed by atoms with van der Waals surface area (Å²) in [4.78, 5) is 14.3. The van der Waals surface area contributed by atoms with Gasteiger partial charge in [-0.15, -0.1) is 0 Å². The van der Waals surface area contributed by atoms with Gasteiger partial charge in [-0.1, -0.05) is 0 Å². The molecular formula is C14H18N2O2. The number of nitrogens with one attached hydrogen (secondary N) is 1. The summed E-state index contributed by atoms with van der Waals surface area (Å²) in [5.41, 5.74) is 0. The third-order valence-electron chi connectivity index (χ3n) is 3.93. The lowest BCUT2D eigenvalue weighted by atomic mass is 9.84. The predicted octanol–water partition coefficient (Wildman–Crippen LogP) is 1.50. The van der Waals surface area contributed by atoms with Gasteiger partial charge in [0, 0.05) is 18.7 Å². The molecule has 0 unspecified atom stereocenters. The number of furan rings is 1. The molecule has 0 aliphatic carbocycles. The molecule has 2 bridgehead atoms. The first kappa shape index (κ1) is 11.5. The highest BCUT2D eigenvalue weighted by Crippen LogP contribution is 2.27. The third-order valence-corrected chi connectivity index (χ3v) is 3.93. The van der Waals surface area contributed by atoms with Gasteiger partial charge in [-0.2, -0.15) is 0 Å². The third kappa shape index (κ3) is 2.48. The number of hydrogen-bond donors (Lipinski definition) is 1. The molecule has 4 heteroatoms. The zero-order chi connectivity index (χ0) is 12.4. The van der Waals surface area contributed by atoms with Gasteiger partial charge in [-0.25, -0.2) is 0 Å². The number of rotatable bonds is 3. The molecule has 3 saturated heterocycles. The Bertz CT molecular complexity index is 431. The Hall–Kier alpha value is -1.55. The van der Waals surface area contributed by atoms with E-state index < -0.39 is 0 Å². The summed E-state index contributed by atoms with van der Waals surface area (Å²) in [6.07, 6.45) is 7.29. The van der Waals surface area contributed by atoms with Crippen LogP contribution in [-0.2, 0) is 4.79 Å². The summed E-state index contributed by atoms with van der Waals surface area (Å²) in [6.45, 7) is 3.39. The summed E-state index contributed by atoms with van der Waals surface area (Å²) in [7, 11) is 0. The van der Waals surface area contributed by atoms with Crippen molar-refractivity contribution >= 4 is 12.0 Å². The van der Waals surface area contributed by atoms with Crippen molar-refractivity contribution in [3.63, 3.8) is 0 Å². The molecule has 3 aliphatic rings. The molecule has 1 aromatic rings. The number of carbonyl (C=O) groups excluding carboxylic acids is 1. The van der Waals surface area contributed by atoms with E-state index in [-0.39, 0.29) is 5.91 Å². The lowest BCUT2D eigenvalue weighted by molar-refractivity contribution is -0.118. The molecule has 1 N–H and O–H groups in total. The van der Waals surface area contributed by atoms with E-state index in [4.69, 9.17) is 4.42 Å². The van der Waals surface area contributed by atoms with E-state index in [1.165, 1.54) is 25.9 Å². The van der Waals surface area contributed by atoms with Crippen molar-refractivity contribution in [2.45, 2.75) is 18.9 Å². The second-order valence-electron chi connectivity index (χ2n) is 5.10. The van der Waals surface area contributed by atoms with Gasteiger partial charge in [0.25, 0.3) is 0 Å². The first-order valence-corrected chi connectivity index (χ1v) is 6.56. The second kappa shape index (κ2) is 4.98. The van der Waals surface area contributed by atoms with E-state index in [1.807, 2.05) is 12.1 Å². The summed E-state index contributed by atoms with van der Waals surface area (Å²) in [5, 5.41) is 3.10. The number of piperidine rings is 3.